The number of aryl methyl sites for hydroxylation is 2. The highest BCUT2D eigenvalue weighted by molar-refractivity contribution is 6.31. The Morgan fingerprint density at radius 3 is 2.56 bits per heavy atom. The first-order valence-corrected chi connectivity index (χ1v) is 13.8. The average molecular weight is 565 g/mol. The van der Waals surface area contributed by atoms with Crippen LogP contribution in [0.1, 0.15) is 45.4 Å². The minimum absolute atomic E-state index is 0.197. The Hall–Kier alpha value is -4.53. The number of aromatic nitrogens is 5. The van der Waals surface area contributed by atoms with E-state index in [9.17, 15) is 4.79 Å². The molecule has 0 aliphatic heterocycles. The second-order valence-corrected chi connectivity index (χ2v) is 10.7. The maximum absolute atomic E-state index is 13.9. The van der Waals surface area contributed by atoms with Gasteiger partial charge in [-0.25, -0.2) is 4.68 Å². The van der Waals surface area contributed by atoms with E-state index < -0.39 is 6.04 Å². The highest BCUT2D eigenvalue weighted by atomic mass is 35.5. The molecule has 6 rings (SSSR count). The third-order valence-electron chi connectivity index (χ3n) is 7.25. The van der Waals surface area contributed by atoms with Crippen molar-refractivity contribution in [2.45, 2.75) is 39.5 Å². The zero-order valence-electron chi connectivity index (χ0n) is 22.8. The number of hydrogen-bond donors (Lipinski definition) is 1. The van der Waals surface area contributed by atoms with Gasteiger partial charge >= 0.3 is 0 Å². The molecule has 0 fully saturated rings. The molecule has 8 nitrogen and oxygen atoms in total. The van der Waals surface area contributed by atoms with Crippen molar-refractivity contribution in [2.75, 3.05) is 0 Å². The lowest BCUT2D eigenvalue weighted by atomic mass is 9.99. The van der Waals surface area contributed by atoms with Gasteiger partial charge in [-0.2, -0.15) is 0 Å². The lowest BCUT2D eigenvalue weighted by Gasteiger charge is -2.31. The van der Waals surface area contributed by atoms with Crippen molar-refractivity contribution in [3.63, 3.8) is 0 Å². The van der Waals surface area contributed by atoms with Crippen LogP contribution >= 0.6 is 11.6 Å². The third-order valence-corrected chi connectivity index (χ3v) is 7.62. The molecule has 0 bridgehead atoms. The van der Waals surface area contributed by atoms with Crippen molar-refractivity contribution in [1.29, 1.82) is 0 Å². The van der Waals surface area contributed by atoms with Gasteiger partial charge in [0.2, 0.25) is 0 Å². The minimum atomic E-state index is -0.606. The molecule has 1 atom stereocenters. The van der Waals surface area contributed by atoms with Crippen LogP contribution in [0.25, 0.3) is 10.9 Å². The number of pyridine rings is 1. The summed E-state index contributed by atoms with van der Waals surface area (Å²) in [7, 11) is 0. The molecule has 0 saturated carbocycles. The molecule has 9 heteroatoms. The molecule has 0 radical (unpaired) electrons. The molecule has 3 aromatic heterocycles. The summed E-state index contributed by atoms with van der Waals surface area (Å²) in [4.78, 5) is 19.2. The number of nitrogens with one attached hydrogen (secondary N) is 1. The SMILES string of the molecule is Cc1cc(C)c2cc([C@@H](c3nnnn3Cc3ccco3)N(Cc3ccccc3)Cc3ccccc3Cl)c(=O)[nH]c2c1. The highest BCUT2D eigenvalue weighted by Gasteiger charge is 2.31. The Balaban J connectivity index is 1.56. The number of furan rings is 1. The fraction of sp³-hybridized carbons (Fsp3) is 0.188. The molecule has 0 spiro atoms. The largest absolute Gasteiger partial charge is 0.467 e. The molecule has 0 aliphatic carbocycles. The van der Waals surface area contributed by atoms with Gasteiger partial charge in [0.25, 0.3) is 5.56 Å². The van der Waals surface area contributed by atoms with Crippen LogP contribution in [-0.4, -0.2) is 30.1 Å². The van der Waals surface area contributed by atoms with E-state index in [-0.39, 0.29) is 5.56 Å². The van der Waals surface area contributed by atoms with E-state index in [2.05, 4.69) is 50.5 Å². The Kier molecular flexibility index (Phi) is 7.50. The van der Waals surface area contributed by atoms with Crippen LogP contribution in [0.2, 0.25) is 5.02 Å². The summed E-state index contributed by atoms with van der Waals surface area (Å²) < 4.78 is 7.30. The third kappa shape index (κ3) is 5.70. The van der Waals surface area contributed by atoms with Crippen LogP contribution in [0.15, 0.2) is 100 Å². The smallest absolute Gasteiger partial charge is 0.253 e. The van der Waals surface area contributed by atoms with E-state index in [0.29, 0.717) is 41.8 Å². The molecule has 41 heavy (non-hydrogen) atoms. The molecule has 0 saturated heterocycles. The van der Waals surface area contributed by atoms with E-state index in [1.807, 2.05) is 73.7 Å². The topological polar surface area (TPSA) is 92.8 Å². The van der Waals surface area contributed by atoms with Crippen LogP contribution in [0, 0.1) is 13.8 Å². The first-order valence-electron chi connectivity index (χ1n) is 13.4. The normalized spacial score (nSPS) is 12.3. The predicted molar refractivity (Wildman–Crippen MR) is 159 cm³/mol. The number of benzene rings is 3. The lowest BCUT2D eigenvalue weighted by molar-refractivity contribution is 0.193. The van der Waals surface area contributed by atoms with Crippen molar-refractivity contribution in [1.82, 2.24) is 30.1 Å². The molecule has 3 heterocycles. The van der Waals surface area contributed by atoms with Crippen molar-refractivity contribution in [2.24, 2.45) is 0 Å². The van der Waals surface area contributed by atoms with E-state index in [0.717, 1.165) is 33.2 Å². The summed E-state index contributed by atoms with van der Waals surface area (Å²) >= 11 is 6.67. The lowest BCUT2D eigenvalue weighted by Crippen LogP contribution is -2.35. The van der Waals surface area contributed by atoms with E-state index >= 15 is 0 Å². The maximum atomic E-state index is 13.9. The number of fused-ring (bicyclic) bond motifs is 1. The van der Waals surface area contributed by atoms with Gasteiger partial charge in [0, 0.05) is 34.6 Å². The van der Waals surface area contributed by atoms with Crippen LogP contribution < -0.4 is 5.56 Å². The second-order valence-electron chi connectivity index (χ2n) is 10.3. The second kappa shape index (κ2) is 11.5. The molecule has 0 amide bonds. The number of nitrogens with zero attached hydrogens (tertiary/aromatic N) is 5. The van der Waals surface area contributed by atoms with Gasteiger partial charge in [0.1, 0.15) is 18.3 Å². The zero-order chi connectivity index (χ0) is 28.3. The summed E-state index contributed by atoms with van der Waals surface area (Å²) in [5, 5.41) is 14.5. The zero-order valence-corrected chi connectivity index (χ0v) is 23.5. The first-order chi connectivity index (χ1) is 20.0. The quantitative estimate of drug-likeness (QED) is 0.224. The van der Waals surface area contributed by atoms with E-state index in [4.69, 9.17) is 16.0 Å². The number of rotatable bonds is 9. The number of hydrogen-bond acceptors (Lipinski definition) is 6. The summed E-state index contributed by atoms with van der Waals surface area (Å²) in [6.07, 6.45) is 1.62. The number of aromatic amines is 1. The van der Waals surface area contributed by atoms with Crippen LogP contribution in [0.4, 0.5) is 0 Å². The Bertz CT molecular complexity index is 1850. The highest BCUT2D eigenvalue weighted by Crippen LogP contribution is 2.32. The standard InChI is InChI=1S/C32H29ClN6O2/c1-21-15-22(2)26-17-27(32(40)34-29(26)16-21)30(31-35-36-37-39(31)20-25-12-8-14-41-25)38(18-23-9-4-3-5-10-23)19-24-11-6-7-13-28(24)33/h3-17,30H,18-20H2,1-2H3,(H,34,40)/t30-/m0/s1. The summed E-state index contributed by atoms with van der Waals surface area (Å²) in [5.41, 5.74) is 5.32. The van der Waals surface area contributed by atoms with Gasteiger partial charge in [-0.05, 0) is 76.9 Å². The number of tetrazole rings is 1. The summed E-state index contributed by atoms with van der Waals surface area (Å²) in [6, 6.07) is 27.1. The van der Waals surface area contributed by atoms with Crippen molar-refractivity contribution in [3.8, 4) is 0 Å². The predicted octanol–water partition coefficient (Wildman–Crippen LogP) is 6.22. The van der Waals surface area contributed by atoms with Gasteiger partial charge in [-0.1, -0.05) is 66.2 Å². The minimum Gasteiger partial charge on any atom is -0.467 e. The Morgan fingerprint density at radius 2 is 1.78 bits per heavy atom. The molecule has 206 valence electrons. The molecule has 6 aromatic rings. The number of H-pyrrole nitrogens is 1. The molecule has 0 aliphatic rings. The summed E-state index contributed by atoms with van der Waals surface area (Å²) in [6.45, 7) is 5.38. The molecular weight excluding hydrogens is 536 g/mol. The fourth-order valence-electron chi connectivity index (χ4n) is 5.36. The van der Waals surface area contributed by atoms with Crippen molar-refractivity contribution >= 4 is 22.5 Å². The van der Waals surface area contributed by atoms with E-state index in [1.54, 1.807) is 10.9 Å². The molecular formula is C32H29ClN6O2. The van der Waals surface area contributed by atoms with Crippen molar-refractivity contribution < 1.29 is 4.42 Å². The Morgan fingerprint density at radius 1 is 0.976 bits per heavy atom. The average Bonchev–Trinajstić information content (AvgIpc) is 3.64. The van der Waals surface area contributed by atoms with Gasteiger partial charge < -0.3 is 9.40 Å². The van der Waals surface area contributed by atoms with Gasteiger partial charge in [0.15, 0.2) is 5.82 Å². The monoisotopic (exact) mass is 564 g/mol. The van der Waals surface area contributed by atoms with Crippen molar-refractivity contribution in [3.05, 3.63) is 146 Å². The fourth-order valence-corrected chi connectivity index (χ4v) is 5.56. The van der Waals surface area contributed by atoms with Gasteiger partial charge in [0.05, 0.1) is 6.26 Å². The van der Waals surface area contributed by atoms with Crippen LogP contribution in [0.3, 0.4) is 0 Å². The molecule has 3 aromatic carbocycles. The maximum Gasteiger partial charge on any atom is 0.253 e. The summed E-state index contributed by atoms with van der Waals surface area (Å²) in [5.74, 6) is 1.23. The Labute approximate surface area is 242 Å². The first kappa shape index (κ1) is 26.7. The number of halogens is 1. The van der Waals surface area contributed by atoms with Crippen LogP contribution in [0.5, 0.6) is 0 Å². The van der Waals surface area contributed by atoms with Gasteiger partial charge in [-0.3, -0.25) is 9.69 Å². The van der Waals surface area contributed by atoms with Gasteiger partial charge in [-0.15, -0.1) is 5.10 Å². The van der Waals surface area contributed by atoms with E-state index in [1.165, 1.54) is 0 Å². The van der Waals surface area contributed by atoms with Crippen LogP contribution in [-0.2, 0) is 19.6 Å². The molecule has 1 N–H and O–H groups in total. The molecule has 0 unspecified atom stereocenters.